The summed E-state index contributed by atoms with van der Waals surface area (Å²) in [5.41, 5.74) is -1.19. The average molecular weight is 266 g/mol. The molecule has 0 aliphatic carbocycles. The van der Waals surface area contributed by atoms with E-state index in [9.17, 15) is 19.5 Å². The number of carboxylic acids is 3. The molecule has 6 nitrogen and oxygen atoms in total. The van der Waals surface area contributed by atoms with Crippen molar-refractivity contribution in [3.63, 3.8) is 0 Å². The largest absolute Gasteiger partial charge is 0.481 e. The molecule has 0 aromatic heterocycles. The molecule has 0 atom stereocenters. The smallest absolute Gasteiger partial charge is 0.315 e. The highest BCUT2D eigenvalue weighted by Gasteiger charge is 2.45. The van der Waals surface area contributed by atoms with Gasteiger partial charge in [0.2, 0.25) is 0 Å². The molecule has 0 saturated carbocycles. The van der Waals surface area contributed by atoms with Crippen molar-refractivity contribution < 1.29 is 29.7 Å². The summed E-state index contributed by atoms with van der Waals surface area (Å²) in [7, 11) is 0. The van der Waals surface area contributed by atoms with Crippen molar-refractivity contribution in [2.45, 2.75) is 25.2 Å². The van der Waals surface area contributed by atoms with E-state index in [1.54, 1.807) is 25.1 Å². The summed E-state index contributed by atoms with van der Waals surface area (Å²) in [5.74, 6) is -4.16. The summed E-state index contributed by atoms with van der Waals surface area (Å²) in [6, 6.07) is 6.31. The third-order valence-electron chi connectivity index (χ3n) is 2.98. The molecule has 6 heteroatoms. The van der Waals surface area contributed by atoms with Crippen LogP contribution in [0.25, 0.3) is 0 Å². The van der Waals surface area contributed by atoms with Gasteiger partial charge < -0.3 is 15.3 Å². The molecule has 1 aromatic carbocycles. The summed E-state index contributed by atoms with van der Waals surface area (Å²) in [5, 5.41) is 27.2. The van der Waals surface area contributed by atoms with E-state index in [0.29, 0.717) is 5.56 Å². The zero-order chi connectivity index (χ0) is 14.6. The fourth-order valence-corrected chi connectivity index (χ4v) is 2.15. The molecular weight excluding hydrogens is 252 g/mol. The van der Waals surface area contributed by atoms with Crippen LogP contribution >= 0.6 is 0 Å². The van der Waals surface area contributed by atoms with Crippen LogP contribution in [0.5, 0.6) is 0 Å². The maximum absolute atomic E-state index is 11.5. The van der Waals surface area contributed by atoms with E-state index in [1.807, 2.05) is 0 Å². The minimum atomic E-state index is -1.96. The lowest BCUT2D eigenvalue weighted by Crippen LogP contribution is -2.40. The Morgan fingerprint density at radius 1 is 1.00 bits per heavy atom. The van der Waals surface area contributed by atoms with Gasteiger partial charge in [-0.3, -0.25) is 14.4 Å². The first kappa shape index (κ1) is 14.7. The molecule has 1 rings (SSSR count). The van der Waals surface area contributed by atoms with Crippen LogP contribution < -0.4 is 0 Å². The summed E-state index contributed by atoms with van der Waals surface area (Å²) >= 11 is 0. The van der Waals surface area contributed by atoms with Crippen molar-refractivity contribution in [2.75, 3.05) is 0 Å². The van der Waals surface area contributed by atoms with Crippen molar-refractivity contribution in [2.24, 2.45) is 0 Å². The average Bonchev–Trinajstić information content (AvgIpc) is 2.26. The van der Waals surface area contributed by atoms with Crippen LogP contribution in [0.1, 0.15) is 24.0 Å². The molecule has 102 valence electrons. The Morgan fingerprint density at radius 2 is 1.47 bits per heavy atom. The fraction of sp³-hybridized carbons (Fsp3) is 0.308. The normalized spacial score (nSPS) is 11.0. The van der Waals surface area contributed by atoms with Crippen LogP contribution in [-0.4, -0.2) is 33.2 Å². The molecule has 0 fully saturated rings. The Morgan fingerprint density at radius 3 is 1.84 bits per heavy atom. The Bertz CT molecular complexity index is 504. The number of aryl methyl sites for hydroxylation is 1. The van der Waals surface area contributed by atoms with Gasteiger partial charge in [-0.2, -0.15) is 0 Å². The number of carbonyl (C=O) groups is 3. The predicted octanol–water partition coefficient (Wildman–Crippen LogP) is 1.27. The zero-order valence-corrected chi connectivity index (χ0v) is 10.3. The van der Waals surface area contributed by atoms with E-state index in [1.165, 1.54) is 6.07 Å². The molecule has 0 saturated heterocycles. The van der Waals surface area contributed by atoms with E-state index >= 15 is 0 Å². The summed E-state index contributed by atoms with van der Waals surface area (Å²) in [4.78, 5) is 33.4. The monoisotopic (exact) mass is 266 g/mol. The number of hydrogen-bond acceptors (Lipinski definition) is 3. The Balaban J connectivity index is 3.46. The highest BCUT2D eigenvalue weighted by Crippen LogP contribution is 2.34. The van der Waals surface area contributed by atoms with Gasteiger partial charge in [0, 0.05) is 0 Å². The van der Waals surface area contributed by atoms with Gasteiger partial charge in [0.1, 0.15) is 5.41 Å². The van der Waals surface area contributed by atoms with Gasteiger partial charge in [-0.05, 0) is 18.1 Å². The Hall–Kier alpha value is -2.37. The molecular formula is C13H14O6. The quantitative estimate of drug-likeness (QED) is 0.714. The van der Waals surface area contributed by atoms with Crippen molar-refractivity contribution in [3.8, 4) is 0 Å². The van der Waals surface area contributed by atoms with Crippen LogP contribution in [0, 0.1) is 6.92 Å². The minimum Gasteiger partial charge on any atom is -0.481 e. The van der Waals surface area contributed by atoms with Crippen LogP contribution in [-0.2, 0) is 19.8 Å². The van der Waals surface area contributed by atoms with Crippen LogP contribution in [0.4, 0.5) is 0 Å². The number of aliphatic carboxylic acids is 3. The number of benzene rings is 1. The number of rotatable bonds is 6. The van der Waals surface area contributed by atoms with E-state index < -0.39 is 36.2 Å². The molecule has 3 N–H and O–H groups in total. The second-order valence-corrected chi connectivity index (χ2v) is 4.34. The molecule has 19 heavy (non-hydrogen) atoms. The molecule has 0 radical (unpaired) electrons. The summed E-state index contributed by atoms with van der Waals surface area (Å²) in [6.45, 7) is 1.62. The second-order valence-electron chi connectivity index (χ2n) is 4.34. The Labute approximate surface area is 109 Å². The van der Waals surface area contributed by atoms with Gasteiger partial charge in [0.15, 0.2) is 0 Å². The van der Waals surface area contributed by atoms with Gasteiger partial charge in [0.05, 0.1) is 12.8 Å². The molecule has 0 aliphatic rings. The fourth-order valence-electron chi connectivity index (χ4n) is 2.15. The lowest BCUT2D eigenvalue weighted by atomic mass is 9.73. The topological polar surface area (TPSA) is 112 Å². The maximum atomic E-state index is 11.5. The van der Waals surface area contributed by atoms with Crippen LogP contribution in [0.2, 0.25) is 0 Å². The predicted molar refractivity (Wildman–Crippen MR) is 65.0 cm³/mol. The Kier molecular flexibility index (Phi) is 4.26. The van der Waals surface area contributed by atoms with Crippen molar-refractivity contribution in [3.05, 3.63) is 35.4 Å². The molecule has 0 amide bonds. The van der Waals surface area contributed by atoms with Gasteiger partial charge in [-0.25, -0.2) is 0 Å². The first-order valence-electron chi connectivity index (χ1n) is 5.52. The van der Waals surface area contributed by atoms with E-state index in [-0.39, 0.29) is 5.56 Å². The maximum Gasteiger partial charge on any atom is 0.315 e. The SMILES string of the molecule is Cc1ccccc1C(CC(=O)O)(CC(=O)O)C(=O)O. The molecule has 1 aromatic rings. The number of carboxylic acid groups (broad SMARTS) is 3. The third-order valence-corrected chi connectivity index (χ3v) is 2.98. The molecule has 0 unspecified atom stereocenters. The van der Waals surface area contributed by atoms with Crippen LogP contribution in [0.3, 0.4) is 0 Å². The van der Waals surface area contributed by atoms with Crippen LogP contribution in [0.15, 0.2) is 24.3 Å². The van der Waals surface area contributed by atoms with E-state index in [0.717, 1.165) is 0 Å². The van der Waals surface area contributed by atoms with Crippen molar-refractivity contribution in [1.82, 2.24) is 0 Å². The minimum absolute atomic E-state index is 0.215. The number of hydrogen-bond donors (Lipinski definition) is 3. The van der Waals surface area contributed by atoms with Gasteiger partial charge in [-0.15, -0.1) is 0 Å². The van der Waals surface area contributed by atoms with Gasteiger partial charge in [-0.1, -0.05) is 24.3 Å². The van der Waals surface area contributed by atoms with E-state index in [4.69, 9.17) is 10.2 Å². The summed E-state index contributed by atoms with van der Waals surface area (Å²) in [6.07, 6.45) is -1.56. The highest BCUT2D eigenvalue weighted by molar-refractivity contribution is 5.91. The zero-order valence-electron chi connectivity index (χ0n) is 10.3. The van der Waals surface area contributed by atoms with Crippen molar-refractivity contribution >= 4 is 17.9 Å². The standard InChI is InChI=1S/C13H14O6/c1-8-4-2-3-5-9(8)13(12(18)19,6-10(14)15)7-11(16)17/h2-5H,6-7H2,1H3,(H,14,15)(H,16,17)(H,18,19). The highest BCUT2D eigenvalue weighted by atomic mass is 16.4. The molecule has 0 bridgehead atoms. The first-order chi connectivity index (χ1) is 8.79. The summed E-state index contributed by atoms with van der Waals surface area (Å²) < 4.78 is 0. The third kappa shape index (κ3) is 3.09. The second kappa shape index (κ2) is 5.51. The molecule has 0 aliphatic heterocycles. The lowest BCUT2D eigenvalue weighted by molar-refractivity contribution is -0.154. The van der Waals surface area contributed by atoms with E-state index in [2.05, 4.69) is 0 Å². The van der Waals surface area contributed by atoms with Gasteiger partial charge in [0.25, 0.3) is 0 Å². The lowest BCUT2D eigenvalue weighted by Gasteiger charge is -2.28. The molecule has 0 heterocycles. The van der Waals surface area contributed by atoms with Gasteiger partial charge >= 0.3 is 17.9 Å². The van der Waals surface area contributed by atoms with Crippen molar-refractivity contribution in [1.29, 1.82) is 0 Å². The molecule has 0 spiro atoms. The first-order valence-corrected chi connectivity index (χ1v) is 5.52.